The van der Waals surface area contributed by atoms with Crippen LogP contribution in [0.5, 0.6) is 0 Å². The Kier molecular flexibility index (Phi) is 4.05. The highest BCUT2D eigenvalue weighted by molar-refractivity contribution is 7.89. The third-order valence-electron chi connectivity index (χ3n) is 1.69. The quantitative estimate of drug-likeness (QED) is 0.556. The molecule has 0 saturated heterocycles. The zero-order valence-electron chi connectivity index (χ0n) is 7.73. The minimum Gasteiger partial charge on any atom is -0.330 e. The van der Waals surface area contributed by atoms with E-state index in [9.17, 15) is 8.42 Å². The molecule has 0 aliphatic carbocycles. The van der Waals surface area contributed by atoms with Gasteiger partial charge >= 0.3 is 0 Å². The van der Waals surface area contributed by atoms with Crippen LogP contribution in [0.4, 0.5) is 0 Å². The van der Waals surface area contributed by atoms with Crippen LogP contribution in [0.3, 0.4) is 0 Å². The van der Waals surface area contributed by atoms with Gasteiger partial charge in [-0.15, -0.1) is 0 Å². The number of hydrogen-bond acceptors (Lipinski definition) is 4. The summed E-state index contributed by atoms with van der Waals surface area (Å²) in [6.07, 6.45) is 2.95. The van der Waals surface area contributed by atoms with Gasteiger partial charge < -0.3 is 5.73 Å². The molecule has 1 heterocycles. The van der Waals surface area contributed by atoms with Crippen molar-refractivity contribution in [3.05, 3.63) is 12.3 Å². The Morgan fingerprint density at radius 2 is 2.29 bits per heavy atom. The molecule has 14 heavy (non-hydrogen) atoms. The van der Waals surface area contributed by atoms with Crippen LogP contribution in [-0.4, -0.2) is 31.7 Å². The van der Waals surface area contributed by atoms with E-state index in [2.05, 4.69) is 14.9 Å². The Labute approximate surface area is 82.9 Å². The minimum atomic E-state index is -3.41. The second-order valence-corrected chi connectivity index (χ2v) is 4.55. The van der Waals surface area contributed by atoms with Crippen molar-refractivity contribution >= 4 is 10.0 Å². The molecule has 6 nitrogen and oxygen atoms in total. The van der Waals surface area contributed by atoms with Crippen LogP contribution in [0.15, 0.2) is 17.3 Å². The fourth-order valence-electron chi connectivity index (χ4n) is 0.946. The van der Waals surface area contributed by atoms with Gasteiger partial charge in [-0.3, -0.25) is 5.10 Å². The van der Waals surface area contributed by atoms with Gasteiger partial charge in [0.15, 0.2) is 5.03 Å². The van der Waals surface area contributed by atoms with Crippen molar-refractivity contribution < 1.29 is 8.42 Å². The van der Waals surface area contributed by atoms with Crippen LogP contribution in [-0.2, 0) is 10.0 Å². The minimum absolute atomic E-state index is 0.0882. The number of unbranched alkanes of at least 4 members (excludes halogenated alkanes) is 1. The summed E-state index contributed by atoms with van der Waals surface area (Å²) in [5, 5.41) is 6.05. The summed E-state index contributed by atoms with van der Waals surface area (Å²) in [6, 6.07) is 1.41. The molecular weight excluding hydrogens is 204 g/mol. The molecule has 0 aromatic carbocycles. The number of H-pyrrole nitrogens is 1. The van der Waals surface area contributed by atoms with E-state index < -0.39 is 10.0 Å². The first-order valence-corrected chi connectivity index (χ1v) is 5.84. The molecule has 0 saturated carbocycles. The van der Waals surface area contributed by atoms with Gasteiger partial charge in [-0.1, -0.05) is 0 Å². The van der Waals surface area contributed by atoms with Crippen LogP contribution >= 0.6 is 0 Å². The maximum absolute atomic E-state index is 11.4. The van der Waals surface area contributed by atoms with Gasteiger partial charge in [-0.05, 0) is 25.5 Å². The largest absolute Gasteiger partial charge is 0.330 e. The Balaban J connectivity index is 2.44. The summed E-state index contributed by atoms with van der Waals surface area (Å²) in [4.78, 5) is 0. The third-order valence-corrected chi connectivity index (χ3v) is 3.08. The smallest absolute Gasteiger partial charge is 0.257 e. The molecule has 1 aromatic rings. The molecule has 0 bridgehead atoms. The van der Waals surface area contributed by atoms with Gasteiger partial charge in [-0.2, -0.15) is 5.10 Å². The highest BCUT2D eigenvalue weighted by Crippen LogP contribution is 2.01. The molecule has 0 aliphatic rings. The number of nitrogens with zero attached hydrogens (tertiary/aromatic N) is 1. The van der Waals surface area contributed by atoms with E-state index in [1.54, 1.807) is 0 Å². The molecule has 0 unspecified atom stereocenters. The average molecular weight is 218 g/mol. The average Bonchev–Trinajstić information content (AvgIpc) is 2.65. The standard InChI is InChI=1S/C7H14N4O2S/c8-4-1-2-5-10-14(12,13)7-3-6-9-11-7/h3,6,10H,1-2,4-5,8H2,(H,9,11). The first kappa shape index (κ1) is 11.2. The lowest BCUT2D eigenvalue weighted by molar-refractivity contribution is 0.573. The van der Waals surface area contributed by atoms with Crippen molar-refractivity contribution in [2.45, 2.75) is 17.9 Å². The van der Waals surface area contributed by atoms with E-state index in [0.29, 0.717) is 13.1 Å². The van der Waals surface area contributed by atoms with Gasteiger partial charge in [0.2, 0.25) is 0 Å². The summed E-state index contributed by atoms with van der Waals surface area (Å²) in [5.41, 5.74) is 5.28. The zero-order chi connectivity index (χ0) is 10.4. The van der Waals surface area contributed by atoms with Crippen molar-refractivity contribution in [3.63, 3.8) is 0 Å². The lowest BCUT2D eigenvalue weighted by Crippen LogP contribution is -2.25. The van der Waals surface area contributed by atoms with Crippen molar-refractivity contribution in [1.29, 1.82) is 0 Å². The summed E-state index contributed by atoms with van der Waals surface area (Å²) in [7, 11) is -3.41. The van der Waals surface area contributed by atoms with Crippen LogP contribution in [0.2, 0.25) is 0 Å². The van der Waals surface area contributed by atoms with Crippen molar-refractivity contribution in [3.8, 4) is 0 Å². The number of hydrogen-bond donors (Lipinski definition) is 3. The number of aromatic amines is 1. The monoisotopic (exact) mass is 218 g/mol. The van der Waals surface area contributed by atoms with Gasteiger partial charge in [0.1, 0.15) is 0 Å². The molecule has 0 amide bonds. The Morgan fingerprint density at radius 3 is 2.86 bits per heavy atom. The predicted octanol–water partition coefficient (Wildman–Crippen LogP) is -0.573. The van der Waals surface area contributed by atoms with E-state index in [1.807, 2.05) is 0 Å². The summed E-state index contributed by atoms with van der Waals surface area (Å²) >= 11 is 0. The molecule has 7 heteroatoms. The maximum Gasteiger partial charge on any atom is 0.257 e. The highest BCUT2D eigenvalue weighted by Gasteiger charge is 2.13. The van der Waals surface area contributed by atoms with Crippen molar-refractivity contribution in [1.82, 2.24) is 14.9 Å². The number of aromatic nitrogens is 2. The number of nitrogens with two attached hydrogens (primary N) is 1. The summed E-state index contributed by atoms with van der Waals surface area (Å²) in [5.74, 6) is 0. The topological polar surface area (TPSA) is 101 Å². The van der Waals surface area contributed by atoms with Crippen LogP contribution in [0.1, 0.15) is 12.8 Å². The molecule has 0 radical (unpaired) electrons. The van der Waals surface area contributed by atoms with Gasteiger partial charge in [-0.25, -0.2) is 13.1 Å². The Bertz CT molecular complexity index is 346. The third kappa shape index (κ3) is 3.09. The Morgan fingerprint density at radius 1 is 1.50 bits per heavy atom. The molecule has 80 valence electrons. The van der Waals surface area contributed by atoms with E-state index >= 15 is 0 Å². The summed E-state index contributed by atoms with van der Waals surface area (Å²) in [6.45, 7) is 0.977. The molecule has 4 N–H and O–H groups in total. The predicted molar refractivity (Wildman–Crippen MR) is 52.1 cm³/mol. The molecular formula is C7H14N4O2S. The Hall–Kier alpha value is -0.920. The summed E-state index contributed by atoms with van der Waals surface area (Å²) < 4.78 is 25.3. The lowest BCUT2D eigenvalue weighted by Gasteiger charge is -2.03. The number of nitrogens with one attached hydrogen (secondary N) is 2. The molecule has 0 fully saturated rings. The second-order valence-electron chi connectivity index (χ2n) is 2.81. The lowest BCUT2D eigenvalue weighted by atomic mass is 10.3. The van der Waals surface area contributed by atoms with Gasteiger partial charge in [0.25, 0.3) is 10.0 Å². The number of sulfonamides is 1. The van der Waals surface area contributed by atoms with E-state index in [1.165, 1.54) is 12.3 Å². The molecule has 1 aromatic heterocycles. The van der Waals surface area contributed by atoms with Crippen molar-refractivity contribution in [2.24, 2.45) is 5.73 Å². The van der Waals surface area contributed by atoms with Gasteiger partial charge in [0, 0.05) is 6.54 Å². The van der Waals surface area contributed by atoms with Crippen LogP contribution in [0.25, 0.3) is 0 Å². The normalized spacial score (nSPS) is 11.8. The van der Waals surface area contributed by atoms with E-state index in [-0.39, 0.29) is 5.03 Å². The van der Waals surface area contributed by atoms with Crippen molar-refractivity contribution in [2.75, 3.05) is 13.1 Å². The molecule has 0 aliphatic heterocycles. The second kappa shape index (κ2) is 5.08. The fourth-order valence-corrected chi connectivity index (χ4v) is 1.93. The van der Waals surface area contributed by atoms with E-state index in [4.69, 9.17) is 5.73 Å². The fraction of sp³-hybridized carbons (Fsp3) is 0.571. The maximum atomic E-state index is 11.4. The first-order chi connectivity index (χ1) is 6.67. The molecule has 0 atom stereocenters. The molecule has 1 rings (SSSR count). The zero-order valence-corrected chi connectivity index (χ0v) is 8.55. The first-order valence-electron chi connectivity index (χ1n) is 4.36. The molecule has 0 spiro atoms. The SMILES string of the molecule is NCCCCNS(=O)(=O)c1ccn[nH]1. The van der Waals surface area contributed by atoms with Gasteiger partial charge in [0.05, 0.1) is 6.20 Å². The highest BCUT2D eigenvalue weighted by atomic mass is 32.2. The number of rotatable bonds is 6. The van der Waals surface area contributed by atoms with Crippen LogP contribution < -0.4 is 10.5 Å². The van der Waals surface area contributed by atoms with Crippen LogP contribution in [0, 0.1) is 0 Å². The van der Waals surface area contributed by atoms with E-state index in [0.717, 1.165) is 12.8 Å².